The highest BCUT2D eigenvalue weighted by Crippen LogP contribution is 2.14. The van der Waals surface area contributed by atoms with Crippen LogP contribution < -0.4 is 10.6 Å². The van der Waals surface area contributed by atoms with Crippen molar-refractivity contribution in [2.75, 3.05) is 33.4 Å². The van der Waals surface area contributed by atoms with Crippen molar-refractivity contribution >= 4 is 17.6 Å². The Labute approximate surface area is 139 Å². The zero-order valence-corrected chi connectivity index (χ0v) is 13.7. The fraction of sp³-hybridized carbons (Fsp3) is 0.533. The number of rotatable bonds is 8. The summed E-state index contributed by atoms with van der Waals surface area (Å²) in [6.07, 6.45) is -2.99. The van der Waals surface area contributed by atoms with Crippen LogP contribution in [0.5, 0.6) is 0 Å². The van der Waals surface area contributed by atoms with Crippen molar-refractivity contribution in [1.82, 2.24) is 10.6 Å². The number of benzene rings is 1. The number of guanidine groups is 1. The van der Waals surface area contributed by atoms with Crippen LogP contribution in [0, 0.1) is 0 Å². The van der Waals surface area contributed by atoms with Crippen LogP contribution in [0.4, 0.5) is 13.2 Å². The largest absolute Gasteiger partial charge is 0.411 e. The third-order valence-corrected chi connectivity index (χ3v) is 3.12. The average Bonchev–Trinajstić information content (AvgIpc) is 2.49. The van der Waals surface area contributed by atoms with Gasteiger partial charge in [-0.05, 0) is 30.5 Å². The van der Waals surface area contributed by atoms with Crippen LogP contribution in [-0.4, -0.2) is 45.5 Å². The van der Waals surface area contributed by atoms with Gasteiger partial charge >= 0.3 is 6.18 Å². The van der Waals surface area contributed by atoms with Gasteiger partial charge in [0, 0.05) is 31.8 Å². The molecule has 4 nitrogen and oxygen atoms in total. The van der Waals surface area contributed by atoms with Crippen molar-refractivity contribution in [3.8, 4) is 0 Å². The first kappa shape index (κ1) is 19.6. The summed E-state index contributed by atoms with van der Waals surface area (Å²) in [6, 6.07) is 7.59. The Morgan fingerprint density at radius 3 is 2.43 bits per heavy atom. The third-order valence-electron chi connectivity index (χ3n) is 2.87. The number of aliphatic imine (C=N–C) groups is 1. The van der Waals surface area contributed by atoms with E-state index in [-0.39, 0.29) is 6.61 Å². The zero-order chi connectivity index (χ0) is 17.1. The van der Waals surface area contributed by atoms with Crippen LogP contribution >= 0.6 is 11.6 Å². The standard InChI is InChI=1S/C15H21ClF3N3O/c1-20-14(21-8-2-10-23-11-15(17,18)19)22-9-7-12-3-5-13(16)6-4-12/h3-6H,2,7-11H2,1H3,(H2,20,21,22). The first-order valence-electron chi connectivity index (χ1n) is 7.24. The topological polar surface area (TPSA) is 45.7 Å². The van der Waals surface area contributed by atoms with E-state index in [1.807, 2.05) is 24.3 Å². The van der Waals surface area contributed by atoms with Crippen molar-refractivity contribution in [1.29, 1.82) is 0 Å². The number of hydrogen-bond acceptors (Lipinski definition) is 2. The molecule has 1 aromatic carbocycles. The lowest BCUT2D eigenvalue weighted by molar-refractivity contribution is -0.173. The highest BCUT2D eigenvalue weighted by atomic mass is 35.5. The monoisotopic (exact) mass is 351 g/mol. The number of nitrogens with one attached hydrogen (secondary N) is 2. The fourth-order valence-electron chi connectivity index (χ4n) is 1.77. The average molecular weight is 352 g/mol. The lowest BCUT2D eigenvalue weighted by atomic mass is 10.1. The molecule has 0 bridgehead atoms. The summed E-state index contributed by atoms with van der Waals surface area (Å²) in [7, 11) is 1.64. The van der Waals surface area contributed by atoms with Crippen LogP contribution in [0.25, 0.3) is 0 Å². The van der Waals surface area contributed by atoms with E-state index in [4.69, 9.17) is 11.6 Å². The summed E-state index contributed by atoms with van der Waals surface area (Å²) in [6.45, 7) is 0.0136. The number of ether oxygens (including phenoxy) is 1. The lowest BCUT2D eigenvalue weighted by Crippen LogP contribution is -2.39. The highest BCUT2D eigenvalue weighted by molar-refractivity contribution is 6.30. The molecule has 1 rings (SSSR count). The number of alkyl halides is 3. The van der Waals surface area contributed by atoms with Gasteiger partial charge in [-0.3, -0.25) is 4.99 Å². The molecule has 0 saturated heterocycles. The van der Waals surface area contributed by atoms with Gasteiger partial charge in [-0.25, -0.2) is 0 Å². The van der Waals surface area contributed by atoms with E-state index >= 15 is 0 Å². The zero-order valence-electron chi connectivity index (χ0n) is 12.9. The summed E-state index contributed by atoms with van der Waals surface area (Å²) >= 11 is 5.82. The SMILES string of the molecule is CN=C(NCCCOCC(F)(F)F)NCCc1ccc(Cl)cc1. The van der Waals surface area contributed by atoms with E-state index < -0.39 is 12.8 Å². The first-order valence-corrected chi connectivity index (χ1v) is 7.62. The molecular weight excluding hydrogens is 331 g/mol. The van der Waals surface area contributed by atoms with Gasteiger partial charge < -0.3 is 15.4 Å². The second-order valence-corrected chi connectivity index (χ2v) is 5.26. The maximum atomic E-state index is 11.9. The predicted octanol–water partition coefficient (Wildman–Crippen LogP) is 3.02. The molecule has 0 aromatic heterocycles. The third kappa shape index (κ3) is 10.0. The molecule has 1 aromatic rings. The minimum Gasteiger partial charge on any atom is -0.372 e. The molecule has 0 aliphatic carbocycles. The molecule has 0 radical (unpaired) electrons. The summed E-state index contributed by atoms with van der Waals surface area (Å²) in [5, 5.41) is 6.85. The van der Waals surface area contributed by atoms with Gasteiger partial charge in [-0.1, -0.05) is 23.7 Å². The molecule has 2 N–H and O–H groups in total. The quantitative estimate of drug-likeness (QED) is 0.430. The molecule has 0 spiro atoms. The van der Waals surface area contributed by atoms with E-state index in [2.05, 4.69) is 20.4 Å². The Morgan fingerprint density at radius 1 is 1.17 bits per heavy atom. The second kappa shape index (κ2) is 10.3. The van der Waals surface area contributed by atoms with Gasteiger partial charge in [0.2, 0.25) is 0 Å². The molecule has 0 heterocycles. The van der Waals surface area contributed by atoms with Gasteiger partial charge in [0.15, 0.2) is 5.96 Å². The van der Waals surface area contributed by atoms with Crippen LogP contribution in [-0.2, 0) is 11.2 Å². The van der Waals surface area contributed by atoms with E-state index in [1.165, 1.54) is 0 Å². The normalized spacial score (nSPS) is 12.3. The molecular formula is C15H21ClF3N3O. The molecule has 0 unspecified atom stereocenters. The van der Waals surface area contributed by atoms with Crippen molar-refractivity contribution < 1.29 is 17.9 Å². The van der Waals surface area contributed by atoms with Gasteiger partial charge in [0.1, 0.15) is 6.61 Å². The van der Waals surface area contributed by atoms with Gasteiger partial charge in [-0.2, -0.15) is 13.2 Å². The van der Waals surface area contributed by atoms with Crippen molar-refractivity contribution in [2.24, 2.45) is 4.99 Å². The van der Waals surface area contributed by atoms with Crippen molar-refractivity contribution in [3.05, 3.63) is 34.9 Å². The summed E-state index contributed by atoms with van der Waals surface area (Å²) in [5.74, 6) is 0.606. The molecule has 0 atom stereocenters. The van der Waals surface area contributed by atoms with Crippen molar-refractivity contribution in [2.45, 2.75) is 19.0 Å². The Morgan fingerprint density at radius 2 is 1.83 bits per heavy atom. The summed E-state index contributed by atoms with van der Waals surface area (Å²) < 4.78 is 40.1. The van der Waals surface area contributed by atoms with Gasteiger partial charge in [0.25, 0.3) is 0 Å². The fourth-order valence-corrected chi connectivity index (χ4v) is 1.89. The molecule has 0 fully saturated rings. The van der Waals surface area contributed by atoms with E-state index in [1.54, 1.807) is 7.05 Å². The molecule has 0 saturated carbocycles. The van der Waals surface area contributed by atoms with Crippen LogP contribution in [0.1, 0.15) is 12.0 Å². The second-order valence-electron chi connectivity index (χ2n) is 4.82. The highest BCUT2D eigenvalue weighted by Gasteiger charge is 2.27. The number of nitrogens with zero attached hydrogens (tertiary/aromatic N) is 1. The number of halogens is 4. The van der Waals surface area contributed by atoms with E-state index in [9.17, 15) is 13.2 Å². The maximum absolute atomic E-state index is 11.9. The summed E-state index contributed by atoms with van der Waals surface area (Å²) in [5.41, 5.74) is 1.15. The van der Waals surface area contributed by atoms with Crippen LogP contribution in [0.2, 0.25) is 5.02 Å². The minimum absolute atomic E-state index is 0.0499. The Bertz CT molecular complexity index is 478. The van der Waals surface area contributed by atoms with Crippen LogP contribution in [0.15, 0.2) is 29.3 Å². The molecule has 0 aliphatic heterocycles. The van der Waals surface area contributed by atoms with Crippen molar-refractivity contribution in [3.63, 3.8) is 0 Å². The molecule has 130 valence electrons. The minimum atomic E-state index is -4.27. The van der Waals surface area contributed by atoms with E-state index in [0.29, 0.717) is 30.5 Å². The Kier molecular flexibility index (Phi) is 8.79. The molecule has 8 heteroatoms. The van der Waals surface area contributed by atoms with Crippen LogP contribution in [0.3, 0.4) is 0 Å². The van der Waals surface area contributed by atoms with Gasteiger partial charge in [0.05, 0.1) is 0 Å². The predicted molar refractivity (Wildman–Crippen MR) is 86.0 cm³/mol. The summed E-state index contributed by atoms with van der Waals surface area (Å²) in [4.78, 5) is 4.04. The van der Waals surface area contributed by atoms with E-state index in [0.717, 1.165) is 12.0 Å². The maximum Gasteiger partial charge on any atom is 0.411 e. The lowest BCUT2D eigenvalue weighted by Gasteiger charge is -2.12. The molecule has 0 aliphatic rings. The smallest absolute Gasteiger partial charge is 0.372 e. The Hall–Kier alpha value is -1.47. The first-order chi connectivity index (χ1) is 10.9. The Balaban J connectivity index is 2.11. The van der Waals surface area contributed by atoms with Gasteiger partial charge in [-0.15, -0.1) is 0 Å². The number of hydrogen-bond donors (Lipinski definition) is 2. The molecule has 0 amide bonds. The molecule has 23 heavy (non-hydrogen) atoms.